The van der Waals surface area contributed by atoms with Gasteiger partial charge < -0.3 is 14.2 Å². The van der Waals surface area contributed by atoms with E-state index in [4.69, 9.17) is 4.74 Å². The first-order valence-corrected chi connectivity index (χ1v) is 9.14. The summed E-state index contributed by atoms with van der Waals surface area (Å²) in [6.45, 7) is 8.46. The number of nitrogens with zero attached hydrogens (tertiary/aromatic N) is 2. The fourth-order valence-electron chi connectivity index (χ4n) is 3.85. The van der Waals surface area contributed by atoms with Crippen molar-refractivity contribution in [3.63, 3.8) is 0 Å². The molecule has 2 heterocycles. The van der Waals surface area contributed by atoms with Gasteiger partial charge in [0, 0.05) is 29.7 Å². The summed E-state index contributed by atoms with van der Waals surface area (Å²) in [5, 5.41) is 0. The lowest BCUT2D eigenvalue weighted by Gasteiger charge is -2.29. The molecule has 1 aliphatic rings. The Morgan fingerprint density at radius 1 is 1.19 bits per heavy atom. The summed E-state index contributed by atoms with van der Waals surface area (Å²) in [5.74, 6) is -0.619. The molecule has 0 spiro atoms. The summed E-state index contributed by atoms with van der Waals surface area (Å²) in [4.78, 5) is 26.8. The van der Waals surface area contributed by atoms with Crippen molar-refractivity contribution in [3.05, 3.63) is 52.8 Å². The number of amides is 1. The van der Waals surface area contributed by atoms with Crippen LogP contribution in [0.5, 0.6) is 0 Å². The number of anilines is 1. The van der Waals surface area contributed by atoms with Crippen LogP contribution in [0.15, 0.2) is 30.3 Å². The lowest BCUT2D eigenvalue weighted by Crippen LogP contribution is -2.38. The molecule has 2 aromatic rings. The molecule has 138 valence electrons. The van der Waals surface area contributed by atoms with Crippen LogP contribution in [0.3, 0.4) is 0 Å². The monoisotopic (exact) mass is 354 g/mol. The van der Waals surface area contributed by atoms with Crippen LogP contribution >= 0.6 is 0 Å². The number of para-hydroxylation sites is 1. The second-order valence-corrected chi connectivity index (χ2v) is 7.10. The number of hydrogen-bond acceptors (Lipinski definition) is 3. The van der Waals surface area contributed by atoms with Gasteiger partial charge in [-0.1, -0.05) is 18.2 Å². The molecule has 1 amide bonds. The van der Waals surface area contributed by atoms with E-state index in [9.17, 15) is 9.59 Å². The molecular weight excluding hydrogens is 328 g/mol. The Labute approximate surface area is 154 Å². The smallest absolute Gasteiger partial charge is 0.340 e. The SMILES string of the molecule is Cc1cc(C(=O)OCC(=O)N2CCCc3ccccc32)c(C)n1C(C)C. The molecule has 0 radical (unpaired) electrons. The summed E-state index contributed by atoms with van der Waals surface area (Å²) in [7, 11) is 0. The van der Waals surface area contributed by atoms with E-state index in [-0.39, 0.29) is 18.6 Å². The van der Waals surface area contributed by atoms with Crippen molar-refractivity contribution in [3.8, 4) is 0 Å². The summed E-state index contributed by atoms with van der Waals surface area (Å²) in [5.41, 5.74) is 4.51. The number of benzene rings is 1. The third-order valence-electron chi connectivity index (χ3n) is 4.96. The molecule has 0 saturated heterocycles. The Balaban J connectivity index is 1.69. The van der Waals surface area contributed by atoms with Crippen LogP contribution in [0.1, 0.15) is 53.6 Å². The van der Waals surface area contributed by atoms with Crippen LogP contribution in [0.4, 0.5) is 5.69 Å². The standard InChI is InChI=1S/C21H26N2O3/c1-14(2)23-15(3)12-18(16(23)4)21(25)26-13-20(24)22-11-7-9-17-8-5-6-10-19(17)22/h5-6,8,10,12,14H,7,9,11,13H2,1-4H3. The predicted molar refractivity (Wildman–Crippen MR) is 102 cm³/mol. The zero-order valence-corrected chi connectivity index (χ0v) is 15.9. The summed E-state index contributed by atoms with van der Waals surface area (Å²) in [6, 6.07) is 10.0. The number of carbonyl (C=O) groups excluding carboxylic acids is 2. The predicted octanol–water partition coefficient (Wildman–Crippen LogP) is 3.82. The van der Waals surface area contributed by atoms with E-state index in [2.05, 4.69) is 18.4 Å². The second kappa shape index (κ2) is 7.36. The van der Waals surface area contributed by atoms with Crippen molar-refractivity contribution in [1.82, 2.24) is 4.57 Å². The van der Waals surface area contributed by atoms with Gasteiger partial charge in [0.1, 0.15) is 0 Å². The van der Waals surface area contributed by atoms with Crippen molar-refractivity contribution in [2.75, 3.05) is 18.1 Å². The highest BCUT2D eigenvalue weighted by atomic mass is 16.5. The molecule has 5 nitrogen and oxygen atoms in total. The number of ether oxygens (including phenoxy) is 1. The van der Waals surface area contributed by atoms with E-state index in [1.807, 2.05) is 44.2 Å². The van der Waals surface area contributed by atoms with Crippen molar-refractivity contribution >= 4 is 17.6 Å². The van der Waals surface area contributed by atoms with Crippen molar-refractivity contribution in [2.24, 2.45) is 0 Å². The minimum Gasteiger partial charge on any atom is -0.452 e. The minimum atomic E-state index is -0.441. The van der Waals surface area contributed by atoms with Gasteiger partial charge in [0.15, 0.2) is 6.61 Å². The molecular formula is C21H26N2O3. The van der Waals surface area contributed by atoms with Gasteiger partial charge in [-0.2, -0.15) is 0 Å². The van der Waals surface area contributed by atoms with Gasteiger partial charge in [-0.3, -0.25) is 4.79 Å². The molecule has 0 unspecified atom stereocenters. The average Bonchev–Trinajstić information content (AvgIpc) is 2.93. The molecule has 5 heteroatoms. The van der Waals surface area contributed by atoms with E-state index in [0.717, 1.165) is 29.9 Å². The van der Waals surface area contributed by atoms with E-state index in [0.29, 0.717) is 12.1 Å². The van der Waals surface area contributed by atoms with Crippen LogP contribution < -0.4 is 4.90 Å². The molecule has 0 N–H and O–H groups in total. The van der Waals surface area contributed by atoms with Crippen LogP contribution in [-0.2, 0) is 16.0 Å². The first-order chi connectivity index (χ1) is 12.4. The highest BCUT2D eigenvalue weighted by Crippen LogP contribution is 2.27. The Kier molecular flexibility index (Phi) is 5.16. The van der Waals surface area contributed by atoms with Gasteiger partial charge >= 0.3 is 5.97 Å². The summed E-state index contributed by atoms with van der Waals surface area (Å²) >= 11 is 0. The van der Waals surface area contributed by atoms with E-state index < -0.39 is 5.97 Å². The molecule has 1 aromatic heterocycles. The van der Waals surface area contributed by atoms with Gasteiger partial charge in [-0.25, -0.2) is 4.79 Å². The molecule has 1 aromatic carbocycles. The van der Waals surface area contributed by atoms with Crippen LogP contribution in [0, 0.1) is 13.8 Å². The van der Waals surface area contributed by atoms with Gasteiger partial charge in [0.2, 0.25) is 0 Å². The number of fused-ring (bicyclic) bond motifs is 1. The Bertz CT molecular complexity index is 836. The van der Waals surface area contributed by atoms with E-state index >= 15 is 0 Å². The van der Waals surface area contributed by atoms with Crippen LogP contribution in [0.25, 0.3) is 0 Å². The number of aromatic nitrogens is 1. The lowest BCUT2D eigenvalue weighted by atomic mass is 10.0. The number of hydrogen-bond donors (Lipinski definition) is 0. The third-order valence-corrected chi connectivity index (χ3v) is 4.96. The Hall–Kier alpha value is -2.56. The number of esters is 1. The van der Waals surface area contributed by atoms with Crippen molar-refractivity contribution in [1.29, 1.82) is 0 Å². The zero-order chi connectivity index (χ0) is 18.8. The number of aryl methyl sites for hydroxylation is 2. The Morgan fingerprint density at radius 3 is 2.62 bits per heavy atom. The fourth-order valence-corrected chi connectivity index (χ4v) is 3.85. The first-order valence-electron chi connectivity index (χ1n) is 9.14. The van der Waals surface area contributed by atoms with Gasteiger partial charge in [0.05, 0.1) is 5.56 Å². The lowest BCUT2D eigenvalue weighted by molar-refractivity contribution is -0.121. The fraction of sp³-hybridized carbons (Fsp3) is 0.429. The number of rotatable bonds is 4. The maximum atomic E-state index is 12.6. The maximum Gasteiger partial charge on any atom is 0.340 e. The van der Waals surface area contributed by atoms with Gasteiger partial charge in [0.25, 0.3) is 5.91 Å². The van der Waals surface area contributed by atoms with Crippen LogP contribution in [-0.4, -0.2) is 29.6 Å². The molecule has 0 aliphatic carbocycles. The third kappa shape index (κ3) is 3.39. The van der Waals surface area contributed by atoms with Gasteiger partial charge in [-0.15, -0.1) is 0 Å². The summed E-state index contributed by atoms with van der Waals surface area (Å²) in [6.07, 6.45) is 1.90. The average molecular weight is 354 g/mol. The number of carbonyl (C=O) groups is 2. The molecule has 0 fully saturated rings. The van der Waals surface area contributed by atoms with Gasteiger partial charge in [-0.05, 0) is 58.2 Å². The Morgan fingerprint density at radius 2 is 1.92 bits per heavy atom. The topological polar surface area (TPSA) is 51.5 Å². The second-order valence-electron chi connectivity index (χ2n) is 7.10. The zero-order valence-electron chi connectivity index (χ0n) is 15.9. The maximum absolute atomic E-state index is 12.6. The molecule has 26 heavy (non-hydrogen) atoms. The molecule has 0 saturated carbocycles. The minimum absolute atomic E-state index is 0.178. The normalized spacial score (nSPS) is 13.7. The van der Waals surface area contributed by atoms with E-state index in [1.54, 1.807) is 4.90 Å². The van der Waals surface area contributed by atoms with E-state index in [1.165, 1.54) is 5.56 Å². The van der Waals surface area contributed by atoms with Crippen molar-refractivity contribution < 1.29 is 14.3 Å². The summed E-state index contributed by atoms with van der Waals surface area (Å²) < 4.78 is 7.44. The largest absolute Gasteiger partial charge is 0.452 e. The molecule has 3 rings (SSSR count). The highest BCUT2D eigenvalue weighted by molar-refractivity contribution is 5.98. The first kappa shape index (κ1) is 18.2. The van der Waals surface area contributed by atoms with Crippen molar-refractivity contribution in [2.45, 2.75) is 46.6 Å². The van der Waals surface area contributed by atoms with Crippen LogP contribution in [0.2, 0.25) is 0 Å². The molecule has 0 atom stereocenters. The highest BCUT2D eigenvalue weighted by Gasteiger charge is 2.24. The quantitative estimate of drug-likeness (QED) is 0.784. The molecule has 1 aliphatic heterocycles. The molecule has 0 bridgehead atoms.